The number of benzene rings is 1. The van der Waals surface area contributed by atoms with Gasteiger partial charge in [-0.25, -0.2) is 0 Å². The Balaban J connectivity index is 1.27. The monoisotopic (exact) mass is 392 g/mol. The number of amides is 1. The van der Waals surface area contributed by atoms with Crippen molar-refractivity contribution in [3.05, 3.63) is 53.7 Å². The summed E-state index contributed by atoms with van der Waals surface area (Å²) < 4.78 is 5.59. The van der Waals surface area contributed by atoms with Gasteiger partial charge in [-0.2, -0.15) is 5.10 Å². The van der Waals surface area contributed by atoms with Gasteiger partial charge >= 0.3 is 0 Å². The molecule has 1 amide bonds. The van der Waals surface area contributed by atoms with Crippen LogP contribution in [0.4, 0.5) is 5.82 Å². The third-order valence-electron chi connectivity index (χ3n) is 6.80. The van der Waals surface area contributed by atoms with E-state index in [0.29, 0.717) is 19.1 Å². The first-order chi connectivity index (χ1) is 14.2. The summed E-state index contributed by atoms with van der Waals surface area (Å²) in [6.07, 6.45) is 3.96. The van der Waals surface area contributed by atoms with Crippen LogP contribution in [-0.2, 0) is 14.9 Å². The molecule has 0 radical (unpaired) electrons. The summed E-state index contributed by atoms with van der Waals surface area (Å²) in [5, 5.41) is 8.79. The van der Waals surface area contributed by atoms with Crippen LogP contribution in [0.1, 0.15) is 42.9 Å². The van der Waals surface area contributed by atoms with E-state index in [1.54, 1.807) is 0 Å². The molecular weight excluding hydrogens is 364 g/mol. The van der Waals surface area contributed by atoms with Crippen LogP contribution in [0.2, 0.25) is 0 Å². The Morgan fingerprint density at radius 3 is 2.41 bits per heavy atom. The Hall–Kier alpha value is -2.47. The first-order valence-electron chi connectivity index (χ1n) is 10.7. The highest BCUT2D eigenvalue weighted by Gasteiger charge is 2.46. The molecule has 5 rings (SSSR count). The predicted molar refractivity (Wildman–Crippen MR) is 111 cm³/mol. The van der Waals surface area contributed by atoms with E-state index in [4.69, 9.17) is 4.74 Å². The molecule has 6 heteroatoms. The second-order valence-electron chi connectivity index (χ2n) is 8.63. The summed E-state index contributed by atoms with van der Waals surface area (Å²) >= 11 is 0. The SMILES string of the molecule is CN(C(=O)C1(c2ccccc2)CCOCC1)C1CN(c2ccc(C3CC3)nn2)C1. The Morgan fingerprint density at radius 2 is 1.79 bits per heavy atom. The number of anilines is 1. The number of hydrogen-bond acceptors (Lipinski definition) is 5. The van der Waals surface area contributed by atoms with Gasteiger partial charge in [0.2, 0.25) is 5.91 Å². The summed E-state index contributed by atoms with van der Waals surface area (Å²) in [5.74, 6) is 1.75. The maximum atomic E-state index is 13.6. The van der Waals surface area contributed by atoms with Crippen LogP contribution in [0.5, 0.6) is 0 Å². The molecule has 1 aromatic heterocycles. The van der Waals surface area contributed by atoms with Crippen molar-refractivity contribution in [2.24, 2.45) is 0 Å². The summed E-state index contributed by atoms with van der Waals surface area (Å²) in [5.41, 5.74) is 1.75. The standard InChI is InChI=1S/C23H28N4O2/c1-26(19-15-27(16-19)21-10-9-20(24-25-21)17-7-8-17)22(28)23(11-13-29-14-12-23)18-5-3-2-4-6-18/h2-6,9-10,17,19H,7-8,11-16H2,1H3. The molecule has 1 saturated carbocycles. The molecule has 0 unspecified atom stereocenters. The lowest BCUT2D eigenvalue weighted by molar-refractivity contribution is -0.142. The highest BCUT2D eigenvalue weighted by atomic mass is 16.5. The van der Waals surface area contributed by atoms with Crippen LogP contribution in [-0.4, -0.2) is 60.4 Å². The van der Waals surface area contributed by atoms with Crippen LogP contribution in [0.15, 0.2) is 42.5 Å². The molecule has 3 heterocycles. The maximum absolute atomic E-state index is 13.6. The van der Waals surface area contributed by atoms with Crippen molar-refractivity contribution in [1.82, 2.24) is 15.1 Å². The minimum atomic E-state index is -0.472. The molecule has 3 fully saturated rings. The molecule has 3 aliphatic rings. The molecule has 1 aromatic carbocycles. The lowest BCUT2D eigenvalue weighted by Crippen LogP contribution is -2.63. The molecule has 2 aromatic rings. The van der Waals surface area contributed by atoms with Crippen molar-refractivity contribution < 1.29 is 9.53 Å². The van der Waals surface area contributed by atoms with Crippen molar-refractivity contribution in [2.75, 3.05) is 38.3 Å². The molecule has 2 aliphatic heterocycles. The Kier molecular flexibility index (Phi) is 4.74. The van der Waals surface area contributed by atoms with E-state index >= 15 is 0 Å². The van der Waals surface area contributed by atoms with Crippen molar-refractivity contribution in [2.45, 2.75) is 43.1 Å². The fourth-order valence-electron chi connectivity index (χ4n) is 4.59. The van der Waals surface area contributed by atoms with Crippen LogP contribution in [0, 0.1) is 0 Å². The first kappa shape index (κ1) is 18.6. The van der Waals surface area contributed by atoms with Crippen LogP contribution in [0.3, 0.4) is 0 Å². The van der Waals surface area contributed by atoms with E-state index in [1.165, 1.54) is 12.8 Å². The van der Waals surface area contributed by atoms with E-state index in [9.17, 15) is 4.79 Å². The van der Waals surface area contributed by atoms with Crippen LogP contribution in [0.25, 0.3) is 0 Å². The summed E-state index contributed by atoms with van der Waals surface area (Å²) in [6, 6.07) is 14.6. The number of likely N-dealkylation sites (N-methyl/N-ethyl adjacent to an activating group) is 1. The number of ether oxygens (including phenoxy) is 1. The number of carbonyl (C=O) groups excluding carboxylic acids is 1. The van der Waals surface area contributed by atoms with Gasteiger partial charge in [-0.05, 0) is 43.4 Å². The van der Waals surface area contributed by atoms with Gasteiger partial charge < -0.3 is 14.5 Å². The van der Waals surface area contributed by atoms with Gasteiger partial charge in [-0.15, -0.1) is 5.10 Å². The minimum absolute atomic E-state index is 0.204. The van der Waals surface area contributed by atoms with E-state index < -0.39 is 5.41 Å². The highest BCUT2D eigenvalue weighted by Crippen LogP contribution is 2.39. The van der Waals surface area contributed by atoms with Gasteiger partial charge in [0, 0.05) is 39.3 Å². The second-order valence-corrected chi connectivity index (χ2v) is 8.63. The molecule has 1 aliphatic carbocycles. The summed E-state index contributed by atoms with van der Waals surface area (Å²) in [4.78, 5) is 17.8. The molecule has 0 atom stereocenters. The van der Waals surface area contributed by atoms with Gasteiger partial charge in [-0.3, -0.25) is 4.79 Å². The number of hydrogen-bond donors (Lipinski definition) is 0. The zero-order chi connectivity index (χ0) is 19.8. The van der Waals surface area contributed by atoms with Gasteiger partial charge in [0.15, 0.2) is 5.82 Å². The maximum Gasteiger partial charge on any atom is 0.233 e. The number of carbonyl (C=O) groups is 1. The van der Waals surface area contributed by atoms with Gasteiger partial charge in [0.25, 0.3) is 0 Å². The third-order valence-corrected chi connectivity index (χ3v) is 6.80. The first-order valence-corrected chi connectivity index (χ1v) is 10.7. The molecule has 6 nitrogen and oxygen atoms in total. The predicted octanol–water partition coefficient (Wildman–Crippen LogP) is 2.75. The van der Waals surface area contributed by atoms with Crippen LogP contribution < -0.4 is 4.90 Å². The van der Waals surface area contributed by atoms with Crippen LogP contribution >= 0.6 is 0 Å². The minimum Gasteiger partial charge on any atom is -0.381 e. The fourth-order valence-corrected chi connectivity index (χ4v) is 4.59. The zero-order valence-corrected chi connectivity index (χ0v) is 17.0. The Labute approximate surface area is 171 Å². The van der Waals surface area contributed by atoms with E-state index in [2.05, 4.69) is 39.4 Å². The van der Waals surface area contributed by atoms with Crippen molar-refractivity contribution >= 4 is 11.7 Å². The molecule has 152 valence electrons. The lowest BCUT2D eigenvalue weighted by Gasteiger charge is -2.48. The van der Waals surface area contributed by atoms with Gasteiger partial charge in [-0.1, -0.05) is 30.3 Å². The normalized spacial score (nSPS) is 21.5. The second kappa shape index (κ2) is 7.41. The quantitative estimate of drug-likeness (QED) is 0.783. The topological polar surface area (TPSA) is 58.6 Å². The third kappa shape index (κ3) is 3.39. The van der Waals surface area contributed by atoms with Crippen molar-refractivity contribution in [3.8, 4) is 0 Å². The largest absolute Gasteiger partial charge is 0.381 e. The molecule has 29 heavy (non-hydrogen) atoms. The lowest BCUT2D eigenvalue weighted by atomic mass is 9.72. The number of nitrogens with zero attached hydrogens (tertiary/aromatic N) is 4. The van der Waals surface area contributed by atoms with Gasteiger partial charge in [0.05, 0.1) is 17.2 Å². The molecule has 0 N–H and O–H groups in total. The molecule has 0 bridgehead atoms. The smallest absolute Gasteiger partial charge is 0.233 e. The summed E-state index contributed by atoms with van der Waals surface area (Å²) in [7, 11) is 1.95. The molecule has 2 saturated heterocycles. The average Bonchev–Trinajstić information content (AvgIpc) is 3.59. The molecule has 0 spiro atoms. The molecular formula is C23H28N4O2. The van der Waals surface area contributed by atoms with E-state index in [0.717, 1.165) is 43.0 Å². The number of aromatic nitrogens is 2. The zero-order valence-electron chi connectivity index (χ0n) is 17.0. The van der Waals surface area contributed by atoms with E-state index in [1.807, 2.05) is 30.1 Å². The Bertz CT molecular complexity index is 854. The summed E-state index contributed by atoms with van der Waals surface area (Å²) in [6.45, 7) is 2.88. The Morgan fingerprint density at radius 1 is 1.07 bits per heavy atom. The average molecular weight is 393 g/mol. The fraction of sp³-hybridized carbons (Fsp3) is 0.522. The van der Waals surface area contributed by atoms with Crippen molar-refractivity contribution in [3.63, 3.8) is 0 Å². The van der Waals surface area contributed by atoms with Gasteiger partial charge in [0.1, 0.15) is 0 Å². The highest BCUT2D eigenvalue weighted by molar-refractivity contribution is 5.88. The number of rotatable bonds is 5. The van der Waals surface area contributed by atoms with Crippen molar-refractivity contribution in [1.29, 1.82) is 0 Å². The van der Waals surface area contributed by atoms with E-state index in [-0.39, 0.29) is 11.9 Å².